The Morgan fingerprint density at radius 2 is 2.06 bits per heavy atom. The largest absolute Gasteiger partial charge is 0.315 e. The predicted molar refractivity (Wildman–Crippen MR) is 74.6 cm³/mol. The minimum absolute atomic E-state index is 0.397. The van der Waals surface area contributed by atoms with Crippen LogP contribution in [0.25, 0.3) is 11.0 Å². The normalized spacial score (nSPS) is 13.0. The molecular formula is C14H22N4. The van der Waals surface area contributed by atoms with Gasteiger partial charge in [0, 0.05) is 6.54 Å². The van der Waals surface area contributed by atoms with Crippen molar-refractivity contribution in [3.05, 3.63) is 24.3 Å². The van der Waals surface area contributed by atoms with Crippen LogP contribution >= 0.6 is 0 Å². The first-order chi connectivity index (χ1) is 8.86. The summed E-state index contributed by atoms with van der Waals surface area (Å²) in [4.78, 5) is 0. The molecule has 98 valence electrons. The molecule has 2 aromatic rings. The molecule has 1 aromatic heterocycles. The van der Waals surface area contributed by atoms with Crippen molar-refractivity contribution in [1.82, 2.24) is 20.3 Å². The first-order valence-corrected chi connectivity index (χ1v) is 6.87. The predicted octanol–water partition coefficient (Wildman–Crippen LogP) is 2.77. The van der Waals surface area contributed by atoms with Crippen LogP contribution < -0.4 is 5.32 Å². The number of rotatable bonds is 7. The molecule has 0 aliphatic rings. The second-order valence-electron chi connectivity index (χ2n) is 4.67. The summed E-state index contributed by atoms with van der Waals surface area (Å²) < 4.78 is 2.07. The molecule has 1 aromatic carbocycles. The van der Waals surface area contributed by atoms with Gasteiger partial charge in [0.05, 0.1) is 11.6 Å². The highest BCUT2D eigenvalue weighted by molar-refractivity contribution is 5.73. The molecule has 0 amide bonds. The van der Waals surface area contributed by atoms with Gasteiger partial charge in [-0.1, -0.05) is 37.6 Å². The van der Waals surface area contributed by atoms with Gasteiger partial charge in [-0.05, 0) is 31.5 Å². The Morgan fingerprint density at radius 3 is 2.83 bits per heavy atom. The van der Waals surface area contributed by atoms with Crippen molar-refractivity contribution >= 4 is 11.0 Å². The number of aromatic nitrogens is 3. The molecule has 0 fully saturated rings. The molecule has 1 atom stereocenters. The Labute approximate surface area is 108 Å². The SMILES string of the molecule is CCCNCC(CCC)n1nnc2ccccc21. The van der Waals surface area contributed by atoms with E-state index >= 15 is 0 Å². The standard InChI is InChI=1S/C14H22N4/c1-3-7-12(11-15-10-4-2)18-14-9-6-5-8-13(14)16-17-18/h5-6,8-9,12,15H,3-4,7,10-11H2,1-2H3. The second-order valence-corrected chi connectivity index (χ2v) is 4.67. The lowest BCUT2D eigenvalue weighted by atomic mass is 10.1. The Morgan fingerprint density at radius 1 is 1.22 bits per heavy atom. The summed E-state index contributed by atoms with van der Waals surface area (Å²) in [6.45, 7) is 6.43. The molecular weight excluding hydrogens is 224 g/mol. The molecule has 0 spiro atoms. The molecule has 0 aliphatic carbocycles. The van der Waals surface area contributed by atoms with Gasteiger partial charge in [0.15, 0.2) is 0 Å². The van der Waals surface area contributed by atoms with Gasteiger partial charge in [-0.25, -0.2) is 4.68 Å². The van der Waals surface area contributed by atoms with Crippen molar-refractivity contribution < 1.29 is 0 Å². The van der Waals surface area contributed by atoms with Gasteiger partial charge >= 0.3 is 0 Å². The van der Waals surface area contributed by atoms with Gasteiger partial charge in [0.1, 0.15) is 5.52 Å². The maximum atomic E-state index is 4.32. The average molecular weight is 246 g/mol. The summed E-state index contributed by atoms with van der Waals surface area (Å²) in [5.74, 6) is 0. The van der Waals surface area contributed by atoms with Gasteiger partial charge < -0.3 is 5.32 Å². The topological polar surface area (TPSA) is 42.7 Å². The molecule has 0 saturated carbocycles. The summed E-state index contributed by atoms with van der Waals surface area (Å²) in [6.07, 6.45) is 3.45. The van der Waals surface area contributed by atoms with Crippen LogP contribution in [0.2, 0.25) is 0 Å². The molecule has 0 aliphatic heterocycles. The summed E-state index contributed by atoms with van der Waals surface area (Å²) in [5.41, 5.74) is 2.11. The van der Waals surface area contributed by atoms with E-state index < -0.39 is 0 Å². The molecule has 0 bridgehead atoms. The van der Waals surface area contributed by atoms with E-state index in [1.165, 1.54) is 0 Å². The summed E-state index contributed by atoms with van der Waals surface area (Å²) in [5, 5.41) is 12.0. The molecule has 1 heterocycles. The highest BCUT2D eigenvalue weighted by atomic mass is 15.4. The van der Waals surface area contributed by atoms with E-state index in [-0.39, 0.29) is 0 Å². The molecule has 1 unspecified atom stereocenters. The number of hydrogen-bond acceptors (Lipinski definition) is 3. The van der Waals surface area contributed by atoms with E-state index in [4.69, 9.17) is 0 Å². The third kappa shape index (κ3) is 2.88. The van der Waals surface area contributed by atoms with Crippen LogP contribution in [0.5, 0.6) is 0 Å². The van der Waals surface area contributed by atoms with Crippen LogP contribution in [0.15, 0.2) is 24.3 Å². The first kappa shape index (κ1) is 13.0. The van der Waals surface area contributed by atoms with Crippen LogP contribution in [-0.4, -0.2) is 28.1 Å². The number of benzene rings is 1. The fraction of sp³-hybridized carbons (Fsp3) is 0.571. The molecule has 1 N–H and O–H groups in total. The Bertz CT molecular complexity index is 477. The Kier molecular flexibility index (Phi) is 4.70. The van der Waals surface area contributed by atoms with E-state index in [9.17, 15) is 0 Å². The van der Waals surface area contributed by atoms with Crippen LogP contribution in [-0.2, 0) is 0 Å². The summed E-state index contributed by atoms with van der Waals surface area (Å²) in [6, 6.07) is 8.56. The zero-order chi connectivity index (χ0) is 12.8. The molecule has 18 heavy (non-hydrogen) atoms. The highest BCUT2D eigenvalue weighted by Gasteiger charge is 2.14. The van der Waals surface area contributed by atoms with Crippen molar-refractivity contribution in [2.75, 3.05) is 13.1 Å². The lowest BCUT2D eigenvalue weighted by Gasteiger charge is -2.17. The summed E-state index contributed by atoms with van der Waals surface area (Å²) >= 11 is 0. The molecule has 0 saturated heterocycles. The minimum atomic E-state index is 0.397. The zero-order valence-corrected chi connectivity index (χ0v) is 11.3. The molecule has 0 radical (unpaired) electrons. The maximum Gasteiger partial charge on any atom is 0.113 e. The monoisotopic (exact) mass is 246 g/mol. The van der Waals surface area contributed by atoms with Gasteiger partial charge in [-0.2, -0.15) is 0 Å². The lowest BCUT2D eigenvalue weighted by molar-refractivity contribution is 0.397. The maximum absolute atomic E-state index is 4.32. The number of nitrogens with zero attached hydrogens (tertiary/aromatic N) is 3. The van der Waals surface area contributed by atoms with Crippen LogP contribution in [0.4, 0.5) is 0 Å². The molecule has 2 rings (SSSR count). The highest BCUT2D eigenvalue weighted by Crippen LogP contribution is 2.18. The van der Waals surface area contributed by atoms with Gasteiger partial charge in [-0.15, -0.1) is 5.10 Å². The minimum Gasteiger partial charge on any atom is -0.315 e. The molecule has 4 nitrogen and oxygen atoms in total. The van der Waals surface area contributed by atoms with E-state index in [2.05, 4.69) is 40.2 Å². The quantitative estimate of drug-likeness (QED) is 0.764. The fourth-order valence-corrected chi connectivity index (χ4v) is 2.25. The Balaban J connectivity index is 2.18. The smallest absolute Gasteiger partial charge is 0.113 e. The van der Waals surface area contributed by atoms with E-state index in [0.29, 0.717) is 6.04 Å². The van der Waals surface area contributed by atoms with Crippen molar-refractivity contribution in [3.63, 3.8) is 0 Å². The number of nitrogens with one attached hydrogen (secondary N) is 1. The number of fused-ring (bicyclic) bond motifs is 1. The third-order valence-corrected chi connectivity index (χ3v) is 3.15. The fourth-order valence-electron chi connectivity index (χ4n) is 2.25. The van der Waals surface area contributed by atoms with Crippen LogP contribution in [0, 0.1) is 0 Å². The lowest BCUT2D eigenvalue weighted by Crippen LogP contribution is -2.26. The van der Waals surface area contributed by atoms with Gasteiger partial charge in [0.25, 0.3) is 0 Å². The molecule has 4 heteroatoms. The van der Waals surface area contributed by atoms with Crippen molar-refractivity contribution in [3.8, 4) is 0 Å². The van der Waals surface area contributed by atoms with Crippen LogP contribution in [0.1, 0.15) is 39.2 Å². The average Bonchev–Trinajstić information content (AvgIpc) is 2.82. The van der Waals surface area contributed by atoms with Crippen molar-refractivity contribution in [1.29, 1.82) is 0 Å². The zero-order valence-electron chi connectivity index (χ0n) is 11.3. The van der Waals surface area contributed by atoms with E-state index in [0.717, 1.165) is 43.4 Å². The first-order valence-electron chi connectivity index (χ1n) is 6.87. The Hall–Kier alpha value is -1.42. The van der Waals surface area contributed by atoms with Gasteiger partial charge in [0.2, 0.25) is 0 Å². The van der Waals surface area contributed by atoms with Gasteiger partial charge in [-0.3, -0.25) is 0 Å². The third-order valence-electron chi connectivity index (χ3n) is 3.15. The van der Waals surface area contributed by atoms with Crippen molar-refractivity contribution in [2.24, 2.45) is 0 Å². The number of hydrogen-bond donors (Lipinski definition) is 1. The number of para-hydroxylation sites is 1. The summed E-state index contributed by atoms with van der Waals surface area (Å²) in [7, 11) is 0. The second kappa shape index (κ2) is 6.50. The van der Waals surface area contributed by atoms with E-state index in [1.807, 2.05) is 18.2 Å². The van der Waals surface area contributed by atoms with E-state index in [1.54, 1.807) is 0 Å². The van der Waals surface area contributed by atoms with Crippen molar-refractivity contribution in [2.45, 2.75) is 39.2 Å². The van der Waals surface area contributed by atoms with Crippen LogP contribution in [0.3, 0.4) is 0 Å².